The molecule has 0 saturated heterocycles. The van der Waals surface area contributed by atoms with Crippen LogP contribution in [0.25, 0.3) is 16.7 Å². The molecule has 0 radical (unpaired) electrons. The number of H-pyrrole nitrogens is 1. The van der Waals surface area contributed by atoms with E-state index in [4.69, 9.17) is 23.8 Å². The fourth-order valence-electron chi connectivity index (χ4n) is 1.97. The Hall–Kier alpha value is -1.10. The van der Waals surface area contributed by atoms with Gasteiger partial charge in [-0.3, -0.25) is 4.57 Å². The van der Waals surface area contributed by atoms with E-state index in [-0.39, 0.29) is 0 Å². The molecule has 5 heteroatoms. The van der Waals surface area contributed by atoms with Crippen molar-refractivity contribution in [3.05, 3.63) is 56.7 Å². The molecule has 1 aromatic heterocycles. The van der Waals surface area contributed by atoms with E-state index in [1.807, 2.05) is 47.0 Å². The molecule has 1 N–H and O–H groups in total. The lowest BCUT2D eigenvalue weighted by Crippen LogP contribution is -1.94. The van der Waals surface area contributed by atoms with Gasteiger partial charge in [-0.2, -0.15) is 0 Å². The number of para-hydroxylation sites is 2. The number of aromatic amines is 1. The number of benzene rings is 2. The number of imidazole rings is 1. The summed E-state index contributed by atoms with van der Waals surface area (Å²) >= 11 is 15.1. The van der Waals surface area contributed by atoms with Crippen molar-refractivity contribution >= 4 is 50.8 Å². The van der Waals surface area contributed by atoms with E-state index in [1.54, 1.807) is 0 Å². The van der Waals surface area contributed by atoms with Crippen molar-refractivity contribution in [1.29, 1.82) is 0 Å². The molecule has 0 aliphatic carbocycles. The number of hydrogen-bond acceptors (Lipinski definition) is 1. The summed E-state index contributed by atoms with van der Waals surface area (Å²) in [7, 11) is 0. The van der Waals surface area contributed by atoms with Crippen molar-refractivity contribution in [2.45, 2.75) is 0 Å². The van der Waals surface area contributed by atoms with Crippen molar-refractivity contribution < 1.29 is 0 Å². The van der Waals surface area contributed by atoms with Gasteiger partial charge < -0.3 is 4.98 Å². The van der Waals surface area contributed by atoms with Gasteiger partial charge in [0.15, 0.2) is 4.77 Å². The summed E-state index contributed by atoms with van der Waals surface area (Å²) in [6, 6.07) is 13.7. The normalized spacial score (nSPS) is 11.0. The van der Waals surface area contributed by atoms with Gasteiger partial charge in [-0.05, 0) is 52.4 Å². The van der Waals surface area contributed by atoms with Crippen LogP contribution in [-0.4, -0.2) is 9.55 Å². The van der Waals surface area contributed by atoms with Gasteiger partial charge in [0, 0.05) is 4.47 Å². The molecule has 0 saturated carbocycles. The first-order valence-corrected chi connectivity index (χ1v) is 6.90. The Bertz CT molecular complexity index is 791. The molecule has 0 spiro atoms. The molecule has 3 rings (SSSR count). The third-order valence-corrected chi connectivity index (χ3v) is 4.03. The minimum absolute atomic E-state index is 0.630. The maximum absolute atomic E-state index is 6.17. The van der Waals surface area contributed by atoms with Crippen LogP contribution in [0.4, 0.5) is 0 Å². The SMILES string of the molecule is S=c1[nH]c2c(Cl)cccc2n1-c1ccccc1Br. The molecule has 3 aromatic rings. The van der Waals surface area contributed by atoms with Gasteiger partial charge in [0.05, 0.1) is 21.7 Å². The first-order chi connectivity index (χ1) is 8.68. The molecule has 2 aromatic carbocycles. The monoisotopic (exact) mass is 338 g/mol. The van der Waals surface area contributed by atoms with Crippen molar-refractivity contribution in [3.8, 4) is 5.69 Å². The standard InChI is InChI=1S/C13H8BrClN2S/c14-8-4-1-2-6-10(8)17-11-7-3-5-9(15)12(11)16-13(17)18/h1-7H,(H,16,18). The van der Waals surface area contributed by atoms with E-state index in [0.29, 0.717) is 9.79 Å². The van der Waals surface area contributed by atoms with E-state index in [0.717, 1.165) is 21.2 Å². The van der Waals surface area contributed by atoms with Crippen LogP contribution < -0.4 is 0 Å². The lowest BCUT2D eigenvalue weighted by atomic mass is 10.3. The molecule has 0 fully saturated rings. The van der Waals surface area contributed by atoms with Crippen molar-refractivity contribution in [2.75, 3.05) is 0 Å². The van der Waals surface area contributed by atoms with Crippen LogP contribution in [0.15, 0.2) is 46.9 Å². The molecule has 90 valence electrons. The molecule has 0 amide bonds. The summed E-state index contributed by atoms with van der Waals surface area (Å²) in [6.45, 7) is 0. The Morgan fingerprint density at radius 3 is 2.67 bits per heavy atom. The topological polar surface area (TPSA) is 20.7 Å². The predicted molar refractivity (Wildman–Crippen MR) is 81.2 cm³/mol. The molecule has 0 aliphatic heterocycles. The number of rotatable bonds is 1. The zero-order valence-corrected chi connectivity index (χ0v) is 12.3. The Kier molecular flexibility index (Phi) is 3.01. The van der Waals surface area contributed by atoms with E-state index < -0.39 is 0 Å². The van der Waals surface area contributed by atoms with Gasteiger partial charge in [0.2, 0.25) is 0 Å². The van der Waals surface area contributed by atoms with Gasteiger partial charge in [0.1, 0.15) is 0 Å². The van der Waals surface area contributed by atoms with Crippen LogP contribution in [0.3, 0.4) is 0 Å². The molecule has 0 atom stereocenters. The number of nitrogens with one attached hydrogen (secondary N) is 1. The van der Waals surface area contributed by atoms with Crippen LogP contribution in [0.5, 0.6) is 0 Å². The second kappa shape index (κ2) is 4.53. The van der Waals surface area contributed by atoms with Crippen LogP contribution in [-0.2, 0) is 0 Å². The predicted octanol–water partition coefficient (Wildman–Crippen LogP) is 5.10. The molecular formula is C13H8BrClN2S. The summed E-state index contributed by atoms with van der Waals surface area (Å²) in [5, 5.41) is 0.671. The molecule has 0 bridgehead atoms. The summed E-state index contributed by atoms with van der Waals surface area (Å²) < 4.78 is 3.59. The first-order valence-electron chi connectivity index (χ1n) is 5.32. The minimum atomic E-state index is 0.630. The molecule has 0 unspecified atom stereocenters. The van der Waals surface area contributed by atoms with Gasteiger partial charge >= 0.3 is 0 Å². The average Bonchev–Trinajstić information content (AvgIpc) is 2.68. The highest BCUT2D eigenvalue weighted by Crippen LogP contribution is 2.28. The Balaban J connectivity index is 2.44. The number of aromatic nitrogens is 2. The lowest BCUT2D eigenvalue weighted by Gasteiger charge is -2.06. The largest absolute Gasteiger partial charge is 0.329 e. The average molecular weight is 340 g/mol. The second-order valence-electron chi connectivity index (χ2n) is 3.85. The number of nitrogens with zero attached hydrogens (tertiary/aromatic N) is 1. The highest BCUT2D eigenvalue weighted by molar-refractivity contribution is 9.10. The summed E-state index contributed by atoms with van der Waals surface area (Å²) in [6.07, 6.45) is 0. The van der Waals surface area contributed by atoms with E-state index in [2.05, 4.69) is 20.9 Å². The quantitative estimate of drug-likeness (QED) is 0.611. The third-order valence-electron chi connectivity index (χ3n) is 2.76. The number of hydrogen-bond donors (Lipinski definition) is 1. The van der Waals surface area contributed by atoms with Gasteiger partial charge in [-0.15, -0.1) is 0 Å². The molecule has 18 heavy (non-hydrogen) atoms. The minimum Gasteiger partial charge on any atom is -0.329 e. The van der Waals surface area contributed by atoms with E-state index in [1.165, 1.54) is 0 Å². The summed E-state index contributed by atoms with van der Waals surface area (Å²) in [4.78, 5) is 3.15. The highest BCUT2D eigenvalue weighted by atomic mass is 79.9. The van der Waals surface area contributed by atoms with Gasteiger partial charge in [-0.25, -0.2) is 0 Å². The van der Waals surface area contributed by atoms with E-state index in [9.17, 15) is 0 Å². The highest BCUT2D eigenvalue weighted by Gasteiger charge is 2.10. The smallest absolute Gasteiger partial charge is 0.182 e. The fourth-order valence-corrected chi connectivity index (χ4v) is 2.94. The molecule has 2 nitrogen and oxygen atoms in total. The molecular weight excluding hydrogens is 332 g/mol. The Morgan fingerprint density at radius 1 is 1.11 bits per heavy atom. The van der Waals surface area contributed by atoms with Crippen LogP contribution in [0, 0.1) is 4.77 Å². The summed E-state index contributed by atoms with van der Waals surface area (Å²) in [5.41, 5.74) is 2.83. The number of halogens is 2. The Labute approximate surface area is 122 Å². The third kappa shape index (κ3) is 1.81. The maximum atomic E-state index is 6.17. The molecule has 0 aliphatic rings. The van der Waals surface area contributed by atoms with Crippen molar-refractivity contribution in [1.82, 2.24) is 9.55 Å². The number of fused-ring (bicyclic) bond motifs is 1. The van der Waals surface area contributed by atoms with Crippen LogP contribution >= 0.6 is 39.7 Å². The zero-order chi connectivity index (χ0) is 12.7. The zero-order valence-electron chi connectivity index (χ0n) is 9.15. The maximum Gasteiger partial charge on any atom is 0.182 e. The van der Waals surface area contributed by atoms with Crippen LogP contribution in [0.1, 0.15) is 0 Å². The van der Waals surface area contributed by atoms with Crippen molar-refractivity contribution in [2.24, 2.45) is 0 Å². The lowest BCUT2D eigenvalue weighted by molar-refractivity contribution is 1.06. The first kappa shape index (κ1) is 12.0. The fraction of sp³-hybridized carbons (Fsp3) is 0. The Morgan fingerprint density at radius 2 is 1.89 bits per heavy atom. The van der Waals surface area contributed by atoms with Crippen LogP contribution in [0.2, 0.25) is 5.02 Å². The molecule has 1 heterocycles. The van der Waals surface area contributed by atoms with Gasteiger partial charge in [0.25, 0.3) is 0 Å². The second-order valence-corrected chi connectivity index (χ2v) is 5.50. The summed E-state index contributed by atoms with van der Waals surface area (Å²) in [5.74, 6) is 0. The van der Waals surface area contributed by atoms with E-state index >= 15 is 0 Å². The van der Waals surface area contributed by atoms with Crippen molar-refractivity contribution in [3.63, 3.8) is 0 Å². The van der Waals surface area contributed by atoms with Gasteiger partial charge in [-0.1, -0.05) is 29.8 Å².